The molecule has 0 saturated heterocycles. The summed E-state index contributed by atoms with van der Waals surface area (Å²) < 4.78 is 0. The molecule has 2 rings (SSSR count). The van der Waals surface area contributed by atoms with E-state index in [1.54, 1.807) is 12.1 Å². The third-order valence-electron chi connectivity index (χ3n) is 3.95. The molecule has 0 aromatic heterocycles. The van der Waals surface area contributed by atoms with Crippen molar-refractivity contribution in [2.75, 3.05) is 12.3 Å². The van der Waals surface area contributed by atoms with Gasteiger partial charge in [-0.05, 0) is 36.0 Å². The zero-order chi connectivity index (χ0) is 14.6. The Hall–Kier alpha value is -2.04. The number of carbonyl (C=O) groups excluding carboxylic acids is 1. The molecule has 1 aliphatic rings. The number of anilines is 1. The first-order valence-electron chi connectivity index (χ1n) is 6.82. The minimum absolute atomic E-state index is 0.0774. The number of benzene rings is 1. The van der Waals surface area contributed by atoms with Crippen LogP contribution in [0.25, 0.3) is 0 Å². The van der Waals surface area contributed by atoms with E-state index in [9.17, 15) is 9.59 Å². The van der Waals surface area contributed by atoms with Gasteiger partial charge >= 0.3 is 5.97 Å². The first-order valence-corrected chi connectivity index (χ1v) is 6.82. The smallest absolute Gasteiger partial charge is 0.303 e. The van der Waals surface area contributed by atoms with E-state index in [2.05, 4.69) is 5.32 Å². The van der Waals surface area contributed by atoms with Crippen LogP contribution in [0.15, 0.2) is 24.3 Å². The van der Waals surface area contributed by atoms with Crippen molar-refractivity contribution in [2.45, 2.75) is 32.1 Å². The molecule has 0 bridgehead atoms. The van der Waals surface area contributed by atoms with Crippen LogP contribution in [-0.4, -0.2) is 23.5 Å². The fourth-order valence-electron chi connectivity index (χ4n) is 2.58. The molecule has 1 aromatic rings. The summed E-state index contributed by atoms with van der Waals surface area (Å²) in [4.78, 5) is 22.7. The molecule has 0 atom stereocenters. The Morgan fingerprint density at radius 1 is 1.25 bits per heavy atom. The Labute approximate surface area is 118 Å². The Balaban J connectivity index is 1.82. The SMILES string of the molecule is Nc1ccc(CC(=O)NCC2(CC(=O)O)CCC2)cc1. The molecule has 4 N–H and O–H groups in total. The number of nitrogen functional groups attached to an aromatic ring is 1. The fraction of sp³-hybridized carbons (Fsp3) is 0.467. The fourth-order valence-corrected chi connectivity index (χ4v) is 2.58. The van der Waals surface area contributed by atoms with E-state index in [0.29, 0.717) is 18.7 Å². The quantitative estimate of drug-likeness (QED) is 0.688. The van der Waals surface area contributed by atoms with Gasteiger partial charge in [-0.3, -0.25) is 9.59 Å². The third kappa shape index (κ3) is 3.73. The van der Waals surface area contributed by atoms with Crippen molar-refractivity contribution in [3.63, 3.8) is 0 Å². The second-order valence-corrected chi connectivity index (χ2v) is 5.62. The lowest BCUT2D eigenvalue weighted by molar-refractivity contribution is -0.141. The molecule has 20 heavy (non-hydrogen) atoms. The molecule has 0 radical (unpaired) electrons. The lowest BCUT2D eigenvalue weighted by Gasteiger charge is -2.40. The van der Waals surface area contributed by atoms with Gasteiger partial charge in [0.1, 0.15) is 0 Å². The van der Waals surface area contributed by atoms with Crippen LogP contribution in [0.4, 0.5) is 5.69 Å². The Morgan fingerprint density at radius 2 is 1.90 bits per heavy atom. The van der Waals surface area contributed by atoms with Crippen molar-refractivity contribution in [3.8, 4) is 0 Å². The maximum atomic E-state index is 11.9. The Morgan fingerprint density at radius 3 is 2.40 bits per heavy atom. The molecule has 0 spiro atoms. The molecular weight excluding hydrogens is 256 g/mol. The maximum absolute atomic E-state index is 11.9. The van der Waals surface area contributed by atoms with Crippen LogP contribution >= 0.6 is 0 Å². The predicted octanol–water partition coefficient (Wildman–Crippen LogP) is 1.57. The predicted molar refractivity (Wildman–Crippen MR) is 76.1 cm³/mol. The normalized spacial score (nSPS) is 16.2. The van der Waals surface area contributed by atoms with E-state index in [1.807, 2.05) is 12.1 Å². The van der Waals surface area contributed by atoms with Crippen molar-refractivity contribution < 1.29 is 14.7 Å². The number of hydrogen-bond donors (Lipinski definition) is 3. The number of hydrogen-bond acceptors (Lipinski definition) is 3. The van der Waals surface area contributed by atoms with Gasteiger partial charge in [0.15, 0.2) is 0 Å². The number of amides is 1. The van der Waals surface area contributed by atoms with E-state index >= 15 is 0 Å². The highest BCUT2D eigenvalue weighted by Gasteiger charge is 2.39. The summed E-state index contributed by atoms with van der Waals surface area (Å²) in [5.41, 5.74) is 6.93. The van der Waals surface area contributed by atoms with E-state index in [0.717, 1.165) is 24.8 Å². The largest absolute Gasteiger partial charge is 0.481 e. The van der Waals surface area contributed by atoms with E-state index in [-0.39, 0.29) is 17.7 Å². The molecule has 1 aromatic carbocycles. The minimum atomic E-state index is -0.794. The van der Waals surface area contributed by atoms with Gasteiger partial charge in [-0.15, -0.1) is 0 Å². The maximum Gasteiger partial charge on any atom is 0.303 e. The van der Waals surface area contributed by atoms with Gasteiger partial charge in [0.2, 0.25) is 5.91 Å². The number of nitrogens with one attached hydrogen (secondary N) is 1. The van der Waals surface area contributed by atoms with Crippen molar-refractivity contribution in [2.24, 2.45) is 5.41 Å². The highest BCUT2D eigenvalue weighted by molar-refractivity contribution is 5.78. The molecular formula is C15H20N2O3. The summed E-state index contributed by atoms with van der Waals surface area (Å²) in [6.07, 6.45) is 3.22. The number of nitrogens with two attached hydrogens (primary N) is 1. The number of carboxylic acids is 1. The second kappa shape index (κ2) is 5.94. The Kier molecular flexibility index (Phi) is 4.27. The van der Waals surface area contributed by atoms with Gasteiger partial charge in [-0.1, -0.05) is 18.6 Å². The molecule has 0 unspecified atom stereocenters. The first-order chi connectivity index (χ1) is 9.49. The van der Waals surface area contributed by atoms with Gasteiger partial charge in [0.25, 0.3) is 0 Å². The average molecular weight is 276 g/mol. The number of aliphatic carboxylic acids is 1. The zero-order valence-corrected chi connectivity index (χ0v) is 11.4. The van der Waals surface area contributed by atoms with Crippen LogP contribution in [0.5, 0.6) is 0 Å². The van der Waals surface area contributed by atoms with Crippen LogP contribution in [0.3, 0.4) is 0 Å². The Bertz CT molecular complexity index is 492. The molecule has 1 saturated carbocycles. The molecule has 1 aliphatic carbocycles. The number of carbonyl (C=O) groups is 2. The molecule has 1 fully saturated rings. The molecule has 0 aliphatic heterocycles. The van der Waals surface area contributed by atoms with Gasteiger partial charge in [0.05, 0.1) is 12.8 Å². The van der Waals surface area contributed by atoms with Crippen LogP contribution < -0.4 is 11.1 Å². The molecule has 0 heterocycles. The van der Waals surface area contributed by atoms with Gasteiger partial charge in [-0.25, -0.2) is 0 Å². The third-order valence-corrected chi connectivity index (χ3v) is 3.95. The summed E-state index contributed by atoms with van der Waals surface area (Å²) in [6.45, 7) is 0.451. The zero-order valence-electron chi connectivity index (χ0n) is 11.4. The van der Waals surface area contributed by atoms with Crippen molar-refractivity contribution in [3.05, 3.63) is 29.8 Å². The summed E-state index contributed by atoms with van der Waals surface area (Å²) in [7, 11) is 0. The topological polar surface area (TPSA) is 92.4 Å². The summed E-state index contributed by atoms with van der Waals surface area (Å²) in [5, 5.41) is 11.8. The van der Waals surface area contributed by atoms with E-state index < -0.39 is 5.97 Å². The monoisotopic (exact) mass is 276 g/mol. The summed E-state index contributed by atoms with van der Waals surface area (Å²) in [6, 6.07) is 7.18. The van der Waals surface area contributed by atoms with Crippen molar-refractivity contribution in [1.82, 2.24) is 5.32 Å². The second-order valence-electron chi connectivity index (χ2n) is 5.62. The number of carboxylic acid groups (broad SMARTS) is 1. The van der Waals surface area contributed by atoms with Crippen molar-refractivity contribution in [1.29, 1.82) is 0 Å². The highest BCUT2D eigenvalue weighted by Crippen LogP contribution is 2.43. The molecule has 1 amide bonds. The van der Waals surface area contributed by atoms with Crippen LogP contribution in [-0.2, 0) is 16.0 Å². The lowest BCUT2D eigenvalue weighted by Crippen LogP contribution is -2.43. The van der Waals surface area contributed by atoms with Gasteiger partial charge in [-0.2, -0.15) is 0 Å². The highest BCUT2D eigenvalue weighted by atomic mass is 16.4. The van der Waals surface area contributed by atoms with Crippen LogP contribution in [0, 0.1) is 5.41 Å². The van der Waals surface area contributed by atoms with Gasteiger partial charge < -0.3 is 16.2 Å². The minimum Gasteiger partial charge on any atom is -0.481 e. The molecule has 108 valence electrons. The van der Waals surface area contributed by atoms with Crippen LogP contribution in [0.1, 0.15) is 31.2 Å². The summed E-state index contributed by atoms with van der Waals surface area (Å²) in [5.74, 6) is -0.871. The average Bonchev–Trinajstić information content (AvgIpc) is 2.35. The van der Waals surface area contributed by atoms with Gasteiger partial charge in [0, 0.05) is 12.2 Å². The van der Waals surface area contributed by atoms with E-state index in [4.69, 9.17) is 10.8 Å². The summed E-state index contributed by atoms with van der Waals surface area (Å²) >= 11 is 0. The first kappa shape index (κ1) is 14.4. The van der Waals surface area contributed by atoms with Crippen LogP contribution in [0.2, 0.25) is 0 Å². The molecule has 5 nitrogen and oxygen atoms in total. The number of rotatable bonds is 6. The van der Waals surface area contributed by atoms with Crippen molar-refractivity contribution >= 4 is 17.6 Å². The van der Waals surface area contributed by atoms with E-state index in [1.165, 1.54) is 0 Å². The standard InChI is InChI=1S/C15H20N2O3/c16-12-4-2-11(3-5-12)8-13(18)17-10-15(6-1-7-15)9-14(19)20/h2-5H,1,6-10,16H2,(H,17,18)(H,19,20). The lowest BCUT2D eigenvalue weighted by atomic mass is 9.66. The molecule has 5 heteroatoms.